The molecule has 126 valence electrons. The van der Waals surface area contributed by atoms with Crippen molar-refractivity contribution in [2.45, 2.75) is 18.7 Å². The zero-order chi connectivity index (χ0) is 16.9. The lowest BCUT2D eigenvalue weighted by Crippen LogP contribution is -2.33. The lowest BCUT2D eigenvalue weighted by atomic mass is 10.2. The number of ether oxygens (including phenoxy) is 2. The highest BCUT2D eigenvalue weighted by atomic mass is 35.5. The van der Waals surface area contributed by atoms with Gasteiger partial charge in [-0.3, -0.25) is 4.98 Å². The van der Waals surface area contributed by atoms with Crippen molar-refractivity contribution in [2.75, 3.05) is 13.2 Å². The van der Waals surface area contributed by atoms with E-state index in [2.05, 4.69) is 15.5 Å². The van der Waals surface area contributed by atoms with Gasteiger partial charge in [0.1, 0.15) is 0 Å². The van der Waals surface area contributed by atoms with E-state index < -0.39 is 0 Å². The van der Waals surface area contributed by atoms with Crippen LogP contribution in [0.15, 0.2) is 52.4 Å². The Morgan fingerprint density at radius 3 is 2.83 bits per heavy atom. The predicted molar refractivity (Wildman–Crippen MR) is 96.4 cm³/mol. The molecule has 0 saturated carbocycles. The van der Waals surface area contributed by atoms with Crippen LogP contribution in [-0.4, -0.2) is 28.6 Å². The van der Waals surface area contributed by atoms with Crippen LogP contribution in [-0.2, 0) is 9.47 Å². The third kappa shape index (κ3) is 3.85. The monoisotopic (exact) mass is 364 g/mol. The summed E-state index contributed by atoms with van der Waals surface area (Å²) >= 11 is 7.45. The van der Waals surface area contributed by atoms with E-state index in [0.29, 0.717) is 30.0 Å². The van der Waals surface area contributed by atoms with Crippen LogP contribution in [0.1, 0.15) is 13.8 Å². The first-order chi connectivity index (χ1) is 11.7. The summed E-state index contributed by atoms with van der Waals surface area (Å²) in [6, 6.07) is 7.56. The first kappa shape index (κ1) is 16.7. The van der Waals surface area contributed by atoms with Crippen molar-refractivity contribution in [3.05, 3.63) is 47.4 Å². The number of rotatable bonds is 5. The number of halogens is 1. The van der Waals surface area contributed by atoms with E-state index >= 15 is 0 Å². The van der Waals surface area contributed by atoms with Crippen LogP contribution >= 0.6 is 23.5 Å². The van der Waals surface area contributed by atoms with Crippen molar-refractivity contribution >= 4 is 40.3 Å². The molecule has 0 atom stereocenters. The summed E-state index contributed by atoms with van der Waals surface area (Å²) in [6.07, 6.45) is 3.48. The van der Waals surface area contributed by atoms with E-state index in [1.54, 1.807) is 16.8 Å². The van der Waals surface area contributed by atoms with Crippen molar-refractivity contribution < 1.29 is 9.47 Å². The first-order valence-corrected chi connectivity index (χ1v) is 8.69. The van der Waals surface area contributed by atoms with Gasteiger partial charge in [0.05, 0.1) is 24.8 Å². The van der Waals surface area contributed by atoms with Crippen LogP contribution in [0, 0.1) is 0 Å². The minimum absolute atomic E-state index is 0.494. The van der Waals surface area contributed by atoms with Gasteiger partial charge < -0.3 is 9.47 Å². The number of aromatic nitrogens is 1. The Kier molecular flexibility index (Phi) is 5.32. The third-order valence-electron chi connectivity index (χ3n) is 3.09. The lowest BCUT2D eigenvalue weighted by Gasteiger charge is -2.25. The maximum absolute atomic E-state index is 6.04. The Hall–Kier alpha value is -2.12. The van der Waals surface area contributed by atoms with E-state index in [1.165, 1.54) is 11.9 Å². The smallest absolute Gasteiger partial charge is 0.239 e. The molecule has 0 saturated heterocycles. The quantitative estimate of drug-likeness (QED) is 0.811. The molecule has 2 aromatic rings. The molecule has 0 unspecified atom stereocenters. The van der Waals surface area contributed by atoms with Crippen molar-refractivity contribution in [1.82, 2.24) is 14.9 Å². The highest BCUT2D eigenvalue weighted by Crippen LogP contribution is 2.31. The second kappa shape index (κ2) is 7.63. The van der Waals surface area contributed by atoms with Crippen LogP contribution in [0.2, 0.25) is 5.02 Å². The molecule has 1 aromatic carbocycles. The number of nitrogens with zero attached hydrogens (tertiary/aromatic N) is 3. The normalized spacial score (nSPS) is 14.0. The molecule has 1 aliphatic heterocycles. The predicted octanol–water partition coefficient (Wildman–Crippen LogP) is 3.94. The summed E-state index contributed by atoms with van der Waals surface area (Å²) < 4.78 is 12.6. The molecule has 2 heterocycles. The molecule has 0 bridgehead atoms. The van der Waals surface area contributed by atoms with Gasteiger partial charge in [-0.05, 0) is 32.0 Å². The van der Waals surface area contributed by atoms with E-state index in [9.17, 15) is 0 Å². The average molecular weight is 365 g/mol. The summed E-state index contributed by atoms with van der Waals surface area (Å²) in [6.45, 7) is 4.92. The number of hydrogen-bond donors (Lipinski definition) is 1. The Morgan fingerprint density at radius 1 is 1.21 bits per heavy atom. The summed E-state index contributed by atoms with van der Waals surface area (Å²) in [5.41, 5.74) is 3.92. The van der Waals surface area contributed by atoms with Crippen molar-refractivity contribution in [1.29, 1.82) is 0 Å². The van der Waals surface area contributed by atoms with Gasteiger partial charge in [-0.2, -0.15) is 0 Å². The fourth-order valence-corrected chi connectivity index (χ4v) is 3.14. The van der Waals surface area contributed by atoms with Gasteiger partial charge in [0.2, 0.25) is 11.8 Å². The Labute approximate surface area is 149 Å². The topological polar surface area (TPSA) is 59.0 Å². The number of hydrazone groups is 1. The van der Waals surface area contributed by atoms with Gasteiger partial charge in [-0.25, -0.2) is 5.43 Å². The summed E-state index contributed by atoms with van der Waals surface area (Å²) in [4.78, 5) is 5.34. The standard InChI is InChI=1S/C16H17ClN4O2S/c1-3-22-15-10-16(23-4-2)20-21(19-15)24-14-7-8-18-13-9-11(17)5-6-12(13)14/h5-10,19H,3-4H2,1-2H3. The van der Waals surface area contributed by atoms with E-state index in [-0.39, 0.29) is 0 Å². The Bertz CT molecular complexity index is 797. The molecule has 0 fully saturated rings. The van der Waals surface area contributed by atoms with Gasteiger partial charge in [-0.1, -0.05) is 17.7 Å². The molecule has 1 N–H and O–H groups in total. The molecule has 24 heavy (non-hydrogen) atoms. The maximum atomic E-state index is 6.04. The summed E-state index contributed by atoms with van der Waals surface area (Å²) in [5.74, 6) is 1.08. The second-order valence-corrected chi connectivity index (χ2v) is 6.16. The fraction of sp³-hybridized carbons (Fsp3) is 0.250. The summed E-state index contributed by atoms with van der Waals surface area (Å²) in [5, 5.41) is 6.05. The number of fused-ring (bicyclic) bond motifs is 1. The third-order valence-corrected chi connectivity index (χ3v) is 4.23. The largest absolute Gasteiger partial charge is 0.478 e. The van der Waals surface area contributed by atoms with Gasteiger partial charge in [0, 0.05) is 33.4 Å². The maximum Gasteiger partial charge on any atom is 0.239 e. The van der Waals surface area contributed by atoms with Gasteiger partial charge in [0.25, 0.3) is 0 Å². The van der Waals surface area contributed by atoms with E-state index in [4.69, 9.17) is 21.1 Å². The van der Waals surface area contributed by atoms with Crippen molar-refractivity contribution in [3.8, 4) is 0 Å². The highest BCUT2D eigenvalue weighted by molar-refractivity contribution is 7.97. The minimum Gasteiger partial charge on any atom is -0.478 e. The van der Waals surface area contributed by atoms with Crippen LogP contribution in [0.3, 0.4) is 0 Å². The molecule has 0 amide bonds. The first-order valence-electron chi connectivity index (χ1n) is 7.54. The molecular weight excluding hydrogens is 348 g/mol. The highest BCUT2D eigenvalue weighted by Gasteiger charge is 2.17. The molecule has 0 spiro atoms. The Morgan fingerprint density at radius 2 is 2.04 bits per heavy atom. The molecule has 3 rings (SSSR count). The molecule has 6 nitrogen and oxygen atoms in total. The molecule has 1 aromatic heterocycles. The number of nitrogens with one attached hydrogen (secondary N) is 1. The van der Waals surface area contributed by atoms with Crippen molar-refractivity contribution in [2.24, 2.45) is 5.10 Å². The zero-order valence-corrected chi connectivity index (χ0v) is 14.9. The fourth-order valence-electron chi connectivity index (χ4n) is 2.14. The van der Waals surface area contributed by atoms with Crippen LogP contribution in [0.5, 0.6) is 0 Å². The second-order valence-electron chi connectivity index (χ2n) is 4.76. The Balaban J connectivity index is 1.86. The number of hydrogen-bond acceptors (Lipinski definition) is 7. The number of benzene rings is 1. The molecular formula is C16H17ClN4O2S. The minimum atomic E-state index is 0.494. The van der Waals surface area contributed by atoms with E-state index in [1.807, 2.05) is 38.1 Å². The van der Waals surface area contributed by atoms with Crippen LogP contribution in [0.4, 0.5) is 0 Å². The number of hydrazine groups is 1. The summed E-state index contributed by atoms with van der Waals surface area (Å²) in [7, 11) is 0. The van der Waals surface area contributed by atoms with Crippen LogP contribution in [0.25, 0.3) is 10.9 Å². The van der Waals surface area contributed by atoms with Crippen molar-refractivity contribution in [3.63, 3.8) is 0 Å². The lowest BCUT2D eigenvalue weighted by molar-refractivity contribution is 0.164. The molecule has 0 radical (unpaired) electrons. The van der Waals surface area contributed by atoms with Gasteiger partial charge >= 0.3 is 0 Å². The van der Waals surface area contributed by atoms with E-state index in [0.717, 1.165) is 15.8 Å². The van der Waals surface area contributed by atoms with Crippen LogP contribution < -0.4 is 5.43 Å². The molecule has 0 aliphatic carbocycles. The number of pyridine rings is 1. The van der Waals surface area contributed by atoms with Gasteiger partial charge in [0.15, 0.2) is 0 Å². The molecule has 8 heteroatoms. The molecule has 1 aliphatic rings. The average Bonchev–Trinajstić information content (AvgIpc) is 2.55. The zero-order valence-electron chi connectivity index (χ0n) is 13.3. The van der Waals surface area contributed by atoms with Gasteiger partial charge in [-0.15, -0.1) is 9.62 Å². The SMILES string of the molecule is CCOC1=CC(OCC)=NN(Sc2ccnc3cc(Cl)ccc23)N1.